The molecule has 8 bridgehead atoms. The molecule has 5 heterocycles. The molecule has 6 aromatic carbocycles. The Kier molecular flexibility index (Phi) is 11.4. The topological polar surface area (TPSA) is 82.1 Å². The second-order valence-corrected chi connectivity index (χ2v) is 16.2. The zero-order chi connectivity index (χ0) is 45.5. The number of nitrogens with zero attached hydrogens (tertiary/aromatic N) is 4. The van der Waals surface area contributed by atoms with E-state index in [1.807, 2.05) is 146 Å². The van der Waals surface area contributed by atoms with Crippen LogP contribution in [0, 0.1) is 23.7 Å². The highest BCUT2D eigenvalue weighted by Gasteiger charge is 2.17. The highest BCUT2D eigenvalue weighted by atomic mass is 14.9. The first-order chi connectivity index (χ1) is 33.7. The van der Waals surface area contributed by atoms with E-state index < -0.39 is 0 Å². The minimum Gasteiger partial charge on any atom is -0.353 e. The van der Waals surface area contributed by atoms with Crippen LogP contribution in [-0.2, 0) is 0 Å². The van der Waals surface area contributed by atoms with Crippen LogP contribution in [-0.4, -0.2) is 32.4 Å². The van der Waals surface area contributed by atoms with Crippen LogP contribution in [0.2, 0.25) is 0 Å². The van der Waals surface area contributed by atoms with E-state index in [1.165, 1.54) is 0 Å². The van der Waals surface area contributed by atoms with Crippen molar-refractivity contribution in [2.75, 3.05) is 0 Å². The molecular formula is C62H40N6. The van der Waals surface area contributed by atoms with E-state index in [0.29, 0.717) is 22.8 Å². The number of nitrogens with one attached hydrogen (secondary N) is 2. The lowest BCUT2D eigenvalue weighted by Crippen LogP contribution is -1.88. The fourth-order valence-electron chi connectivity index (χ4n) is 8.18. The Balaban J connectivity index is 1.10. The largest absolute Gasteiger partial charge is 0.353 e. The Morgan fingerprint density at radius 2 is 0.647 bits per heavy atom. The third-order valence-electron chi connectivity index (χ3n) is 11.6. The Labute approximate surface area is 394 Å². The average molecular weight is 869 g/mol. The maximum atomic E-state index is 5.38. The summed E-state index contributed by atoms with van der Waals surface area (Å²) in [5, 5.41) is 0. The monoisotopic (exact) mass is 868 g/mol. The minimum atomic E-state index is 0.675. The van der Waals surface area contributed by atoms with Gasteiger partial charge >= 0.3 is 0 Å². The molecule has 6 heteroatoms. The van der Waals surface area contributed by atoms with Crippen molar-refractivity contribution in [3.63, 3.8) is 0 Å². The predicted molar refractivity (Wildman–Crippen MR) is 282 cm³/mol. The smallest absolute Gasteiger partial charge is 0.112 e. The van der Waals surface area contributed by atoms with Crippen molar-refractivity contribution in [1.29, 1.82) is 0 Å². The summed E-state index contributed by atoms with van der Waals surface area (Å²) in [7, 11) is 0. The number of rotatable bonds is 6. The molecule has 0 saturated carbocycles. The lowest BCUT2D eigenvalue weighted by molar-refractivity contribution is 1.29. The van der Waals surface area contributed by atoms with Crippen molar-refractivity contribution in [3.8, 4) is 45.9 Å². The fraction of sp³-hybridized carbons (Fsp3) is 0. The summed E-state index contributed by atoms with van der Waals surface area (Å²) in [6.45, 7) is 0. The van der Waals surface area contributed by atoms with Crippen LogP contribution in [0.4, 0.5) is 11.4 Å². The standard InChI is InChI=1S/C62H40N6/c1-5-13-43(14-6-1)21-23-45-25-29-47(30-26-45)41-63-61-55-37-35-53(66-55)59(49-17-9-3-10-18-49)51-33-34-52(65-51)60(50-19-11-4-12-20-50)54-36-38-56(67-54)62(58-40-39-57(61)68-58)64-42-48-31-27-46(28-32-48)24-22-44-15-7-2-8-16-44/h1-20,25-42,66-67H. The first-order valence-corrected chi connectivity index (χ1v) is 22.4. The summed E-state index contributed by atoms with van der Waals surface area (Å²) in [6, 6.07) is 65.3. The van der Waals surface area contributed by atoms with Crippen LogP contribution >= 0.6 is 0 Å². The van der Waals surface area contributed by atoms with Gasteiger partial charge in [0.2, 0.25) is 0 Å². The van der Waals surface area contributed by atoms with Crippen LogP contribution in [0.3, 0.4) is 0 Å². The number of aromatic nitrogens is 4. The summed E-state index contributed by atoms with van der Waals surface area (Å²) >= 11 is 0. The molecule has 11 rings (SSSR count). The molecule has 0 saturated heterocycles. The number of aliphatic imine (C=N–C) groups is 2. The molecule has 0 radical (unpaired) electrons. The first-order valence-electron chi connectivity index (χ1n) is 22.4. The SMILES string of the molecule is C(#Cc1ccc(C=Nc2c3nc(c(N=Cc4ccc(C#Cc5ccccc5)cc4)c4ccc([nH]4)c(-c4ccccc4)c4nc(c(-c5ccccc5)c5ccc2[nH]5)C=C4)C=C3)cc1)c1ccccc1. The van der Waals surface area contributed by atoms with E-state index in [4.69, 9.17) is 20.0 Å². The van der Waals surface area contributed by atoms with E-state index in [2.05, 4.69) is 119 Å². The van der Waals surface area contributed by atoms with Gasteiger partial charge in [0.15, 0.2) is 0 Å². The molecule has 0 atom stereocenters. The molecule has 9 aromatic rings. The maximum Gasteiger partial charge on any atom is 0.112 e. The lowest BCUT2D eigenvalue weighted by atomic mass is 10.0. The van der Waals surface area contributed by atoms with Crippen LogP contribution in [0.15, 0.2) is 204 Å². The molecule has 68 heavy (non-hydrogen) atoms. The number of hydrogen-bond donors (Lipinski definition) is 2. The van der Waals surface area contributed by atoms with Crippen molar-refractivity contribution in [1.82, 2.24) is 19.9 Å². The van der Waals surface area contributed by atoms with Gasteiger partial charge in [-0.2, -0.15) is 0 Å². The minimum absolute atomic E-state index is 0.675. The quantitative estimate of drug-likeness (QED) is 0.129. The second kappa shape index (κ2) is 18.8. The zero-order valence-corrected chi connectivity index (χ0v) is 36.7. The zero-order valence-electron chi connectivity index (χ0n) is 36.7. The summed E-state index contributed by atoms with van der Waals surface area (Å²) in [4.78, 5) is 28.5. The summed E-state index contributed by atoms with van der Waals surface area (Å²) in [5.41, 5.74) is 17.5. The second-order valence-electron chi connectivity index (χ2n) is 16.2. The highest BCUT2D eigenvalue weighted by Crippen LogP contribution is 2.37. The fourth-order valence-corrected chi connectivity index (χ4v) is 8.18. The molecule has 3 aromatic heterocycles. The van der Waals surface area contributed by atoms with Gasteiger partial charge in [0.05, 0.1) is 33.8 Å². The lowest BCUT2D eigenvalue weighted by Gasteiger charge is -2.05. The number of hydrogen-bond acceptors (Lipinski definition) is 4. The number of aromatic amines is 2. The van der Waals surface area contributed by atoms with Crippen LogP contribution in [0.1, 0.15) is 56.2 Å². The van der Waals surface area contributed by atoms with Gasteiger partial charge in [-0.05, 0) is 119 Å². The summed E-state index contributed by atoms with van der Waals surface area (Å²) < 4.78 is 0. The molecule has 0 unspecified atom stereocenters. The number of benzene rings is 6. The van der Waals surface area contributed by atoms with Crippen LogP contribution in [0.25, 0.3) is 68.6 Å². The Bertz CT molecular complexity index is 3500. The van der Waals surface area contributed by atoms with Crippen LogP contribution < -0.4 is 0 Å². The highest BCUT2D eigenvalue weighted by molar-refractivity contribution is 5.99. The van der Waals surface area contributed by atoms with Crippen molar-refractivity contribution in [2.45, 2.75) is 0 Å². The van der Waals surface area contributed by atoms with Gasteiger partial charge < -0.3 is 9.97 Å². The van der Waals surface area contributed by atoms with E-state index >= 15 is 0 Å². The number of fused-ring (bicyclic) bond motifs is 8. The van der Waals surface area contributed by atoms with Gasteiger partial charge in [-0.15, -0.1) is 0 Å². The van der Waals surface area contributed by atoms with Crippen molar-refractivity contribution >= 4 is 70.2 Å². The van der Waals surface area contributed by atoms with Gasteiger partial charge in [-0.3, -0.25) is 9.98 Å². The van der Waals surface area contributed by atoms with E-state index in [1.54, 1.807) is 0 Å². The van der Waals surface area contributed by atoms with Gasteiger partial charge in [0, 0.05) is 56.8 Å². The maximum absolute atomic E-state index is 5.38. The molecular weight excluding hydrogens is 829 g/mol. The van der Waals surface area contributed by atoms with Crippen LogP contribution in [0.5, 0.6) is 0 Å². The molecule has 2 aliphatic rings. The Morgan fingerprint density at radius 3 is 1.04 bits per heavy atom. The third kappa shape index (κ3) is 9.03. The van der Waals surface area contributed by atoms with Gasteiger partial charge in [-0.1, -0.05) is 145 Å². The van der Waals surface area contributed by atoms with Crippen molar-refractivity contribution < 1.29 is 0 Å². The molecule has 0 amide bonds. The Hall–Kier alpha value is -9.62. The summed E-state index contributed by atoms with van der Waals surface area (Å²) in [5.74, 6) is 13.0. The molecule has 318 valence electrons. The molecule has 2 aliphatic heterocycles. The van der Waals surface area contributed by atoms with E-state index in [9.17, 15) is 0 Å². The third-order valence-corrected chi connectivity index (χ3v) is 11.6. The molecule has 0 fully saturated rings. The first kappa shape index (κ1) is 41.1. The van der Waals surface area contributed by atoms with E-state index in [0.717, 1.165) is 89.1 Å². The van der Waals surface area contributed by atoms with Crippen molar-refractivity contribution in [3.05, 3.63) is 250 Å². The van der Waals surface area contributed by atoms with Gasteiger partial charge in [0.1, 0.15) is 11.4 Å². The normalized spacial score (nSPS) is 11.6. The average Bonchev–Trinajstić information content (AvgIpc) is 4.26. The number of H-pyrrole nitrogens is 2. The van der Waals surface area contributed by atoms with Crippen molar-refractivity contribution in [2.24, 2.45) is 9.98 Å². The Morgan fingerprint density at radius 1 is 0.324 bits per heavy atom. The van der Waals surface area contributed by atoms with Gasteiger partial charge in [0.25, 0.3) is 0 Å². The predicted octanol–water partition coefficient (Wildman–Crippen LogP) is 14.3. The molecule has 0 aliphatic carbocycles. The van der Waals surface area contributed by atoms with Gasteiger partial charge in [-0.25, -0.2) is 9.97 Å². The summed E-state index contributed by atoms with van der Waals surface area (Å²) in [6.07, 6.45) is 12.0. The molecule has 6 nitrogen and oxygen atoms in total. The van der Waals surface area contributed by atoms with E-state index in [-0.39, 0.29) is 0 Å². The molecule has 2 N–H and O–H groups in total. The molecule has 0 spiro atoms.